The zero-order chi connectivity index (χ0) is 15.5. The summed E-state index contributed by atoms with van der Waals surface area (Å²) >= 11 is 0. The number of amides is 1. The number of aliphatic hydroxyl groups excluding tert-OH is 1. The molecular formula is C17H32N2O2. The number of piperidine rings is 1. The molecule has 0 bridgehead atoms. The van der Waals surface area contributed by atoms with Crippen LogP contribution in [-0.2, 0) is 4.79 Å². The van der Waals surface area contributed by atoms with Gasteiger partial charge in [-0.25, -0.2) is 0 Å². The third-order valence-corrected chi connectivity index (χ3v) is 5.29. The van der Waals surface area contributed by atoms with Gasteiger partial charge in [0.05, 0.1) is 6.61 Å². The van der Waals surface area contributed by atoms with E-state index < -0.39 is 0 Å². The van der Waals surface area contributed by atoms with Crippen molar-refractivity contribution in [2.45, 2.75) is 45.4 Å². The van der Waals surface area contributed by atoms with E-state index in [4.69, 9.17) is 0 Å². The van der Waals surface area contributed by atoms with E-state index in [-0.39, 0.29) is 12.0 Å². The topological polar surface area (TPSA) is 43.8 Å². The zero-order valence-electron chi connectivity index (χ0n) is 14.0. The Morgan fingerprint density at radius 1 is 1.33 bits per heavy atom. The van der Waals surface area contributed by atoms with Crippen molar-refractivity contribution in [1.82, 2.24) is 9.80 Å². The Labute approximate surface area is 129 Å². The van der Waals surface area contributed by atoms with Crippen molar-refractivity contribution in [1.29, 1.82) is 0 Å². The average molecular weight is 296 g/mol. The summed E-state index contributed by atoms with van der Waals surface area (Å²) in [5, 5.41) is 9.75. The molecular weight excluding hydrogens is 264 g/mol. The molecule has 1 heterocycles. The van der Waals surface area contributed by atoms with E-state index in [2.05, 4.69) is 30.8 Å². The first-order valence-electron chi connectivity index (χ1n) is 8.56. The summed E-state index contributed by atoms with van der Waals surface area (Å²) in [7, 11) is 4.11. The van der Waals surface area contributed by atoms with E-state index >= 15 is 0 Å². The molecule has 1 amide bonds. The molecule has 122 valence electrons. The number of hydrogen-bond acceptors (Lipinski definition) is 3. The molecule has 0 unspecified atom stereocenters. The Morgan fingerprint density at radius 2 is 2.00 bits per heavy atom. The van der Waals surface area contributed by atoms with E-state index in [1.54, 1.807) is 0 Å². The van der Waals surface area contributed by atoms with E-state index in [1.807, 2.05) is 0 Å². The molecule has 0 aromatic carbocycles. The second-order valence-electron chi connectivity index (χ2n) is 7.47. The SMILES string of the molecule is CCCC[C@@H]1C[C@@H]1C(=O)N1CCC(CO)(CN(C)C)CC1. The maximum atomic E-state index is 12.5. The number of carbonyl (C=O) groups is 1. The van der Waals surface area contributed by atoms with Crippen LogP contribution in [0.3, 0.4) is 0 Å². The van der Waals surface area contributed by atoms with Crippen molar-refractivity contribution in [2.24, 2.45) is 17.3 Å². The molecule has 2 rings (SSSR count). The molecule has 0 aromatic heterocycles. The molecule has 2 atom stereocenters. The van der Waals surface area contributed by atoms with Crippen LogP contribution in [0.5, 0.6) is 0 Å². The number of nitrogens with zero attached hydrogens (tertiary/aromatic N) is 2. The lowest BCUT2D eigenvalue weighted by atomic mass is 9.78. The van der Waals surface area contributed by atoms with Crippen molar-refractivity contribution < 1.29 is 9.90 Å². The van der Waals surface area contributed by atoms with Crippen LogP contribution in [0, 0.1) is 17.3 Å². The highest BCUT2D eigenvalue weighted by Crippen LogP contribution is 2.44. The highest BCUT2D eigenvalue weighted by Gasteiger charge is 2.45. The Balaban J connectivity index is 1.80. The first-order valence-corrected chi connectivity index (χ1v) is 8.56. The second kappa shape index (κ2) is 7.10. The molecule has 4 nitrogen and oxygen atoms in total. The molecule has 1 aliphatic carbocycles. The molecule has 0 radical (unpaired) electrons. The van der Waals surface area contributed by atoms with Gasteiger partial charge in [0.25, 0.3) is 0 Å². The lowest BCUT2D eigenvalue weighted by Crippen LogP contribution is -2.49. The quantitative estimate of drug-likeness (QED) is 0.781. The Bertz CT molecular complexity index is 349. The molecule has 2 aliphatic rings. The molecule has 2 fully saturated rings. The highest BCUT2D eigenvalue weighted by atomic mass is 16.3. The maximum Gasteiger partial charge on any atom is 0.225 e. The molecule has 0 spiro atoms. The predicted molar refractivity (Wildman–Crippen MR) is 85.0 cm³/mol. The van der Waals surface area contributed by atoms with Crippen molar-refractivity contribution in [3.05, 3.63) is 0 Å². The summed E-state index contributed by atoms with van der Waals surface area (Å²) < 4.78 is 0. The summed E-state index contributed by atoms with van der Waals surface area (Å²) in [6.07, 6.45) is 6.68. The summed E-state index contributed by atoms with van der Waals surface area (Å²) in [6.45, 7) is 5.00. The van der Waals surface area contributed by atoms with Crippen molar-refractivity contribution in [2.75, 3.05) is 40.3 Å². The fourth-order valence-corrected chi connectivity index (χ4v) is 3.81. The van der Waals surface area contributed by atoms with Crippen LogP contribution in [0.15, 0.2) is 0 Å². The zero-order valence-corrected chi connectivity index (χ0v) is 14.0. The predicted octanol–water partition coefficient (Wildman–Crippen LogP) is 1.98. The summed E-state index contributed by atoms with van der Waals surface area (Å²) in [6, 6.07) is 0. The summed E-state index contributed by atoms with van der Waals surface area (Å²) in [4.78, 5) is 16.7. The number of hydrogen-bond donors (Lipinski definition) is 1. The van der Waals surface area contributed by atoms with Crippen LogP contribution in [0.2, 0.25) is 0 Å². The van der Waals surface area contributed by atoms with Crippen molar-refractivity contribution in [3.63, 3.8) is 0 Å². The van der Waals surface area contributed by atoms with Gasteiger partial charge in [-0.1, -0.05) is 19.8 Å². The van der Waals surface area contributed by atoms with E-state index in [0.717, 1.165) is 38.9 Å². The van der Waals surface area contributed by atoms with Crippen molar-refractivity contribution >= 4 is 5.91 Å². The van der Waals surface area contributed by atoms with Gasteiger partial charge >= 0.3 is 0 Å². The molecule has 0 aromatic rings. The average Bonchev–Trinajstić information content (AvgIpc) is 3.24. The first kappa shape index (κ1) is 16.8. The highest BCUT2D eigenvalue weighted by molar-refractivity contribution is 5.81. The van der Waals surface area contributed by atoms with Gasteiger partial charge in [-0.2, -0.15) is 0 Å². The van der Waals surface area contributed by atoms with Gasteiger partial charge < -0.3 is 14.9 Å². The lowest BCUT2D eigenvalue weighted by Gasteiger charge is -2.42. The van der Waals surface area contributed by atoms with Gasteiger partial charge in [0.2, 0.25) is 5.91 Å². The van der Waals surface area contributed by atoms with Crippen LogP contribution < -0.4 is 0 Å². The largest absolute Gasteiger partial charge is 0.396 e. The number of carbonyl (C=O) groups excluding carboxylic acids is 1. The number of rotatable bonds is 7. The molecule has 1 saturated heterocycles. The van der Waals surface area contributed by atoms with E-state index in [1.165, 1.54) is 19.3 Å². The Kier molecular flexibility index (Phi) is 5.67. The summed E-state index contributed by atoms with van der Waals surface area (Å²) in [5.74, 6) is 1.35. The molecule has 21 heavy (non-hydrogen) atoms. The van der Waals surface area contributed by atoms with Crippen LogP contribution in [-0.4, -0.2) is 61.2 Å². The minimum absolute atomic E-state index is 0.00849. The third kappa shape index (κ3) is 4.19. The maximum absolute atomic E-state index is 12.5. The third-order valence-electron chi connectivity index (χ3n) is 5.29. The minimum atomic E-state index is -0.00849. The van der Waals surface area contributed by atoms with E-state index in [0.29, 0.717) is 17.7 Å². The number of aliphatic hydroxyl groups is 1. The van der Waals surface area contributed by atoms with Gasteiger partial charge in [0, 0.05) is 31.0 Å². The van der Waals surface area contributed by atoms with Crippen molar-refractivity contribution in [3.8, 4) is 0 Å². The fraction of sp³-hybridized carbons (Fsp3) is 0.941. The Hall–Kier alpha value is -0.610. The standard InChI is InChI=1S/C17H32N2O2/c1-4-5-6-14-11-15(14)16(21)19-9-7-17(13-20,8-10-19)12-18(2)3/h14-15,20H,4-13H2,1-3H3/t14-,15+/m1/s1. The Morgan fingerprint density at radius 3 is 2.52 bits per heavy atom. The minimum Gasteiger partial charge on any atom is -0.396 e. The van der Waals surface area contributed by atoms with Crippen LogP contribution in [0.1, 0.15) is 45.4 Å². The number of unbranched alkanes of at least 4 members (excludes halogenated alkanes) is 1. The molecule has 1 N–H and O–H groups in total. The monoisotopic (exact) mass is 296 g/mol. The smallest absolute Gasteiger partial charge is 0.225 e. The molecule has 1 aliphatic heterocycles. The fourth-order valence-electron chi connectivity index (χ4n) is 3.81. The second-order valence-corrected chi connectivity index (χ2v) is 7.47. The van der Waals surface area contributed by atoms with Gasteiger partial charge in [0.15, 0.2) is 0 Å². The normalized spacial score (nSPS) is 28.0. The first-order chi connectivity index (χ1) is 10.0. The lowest BCUT2D eigenvalue weighted by molar-refractivity contribution is -0.136. The van der Waals surface area contributed by atoms with Crippen LogP contribution in [0.25, 0.3) is 0 Å². The van der Waals surface area contributed by atoms with Gasteiger partial charge in [-0.05, 0) is 45.7 Å². The molecule has 1 saturated carbocycles. The summed E-state index contributed by atoms with van der Waals surface area (Å²) in [5.41, 5.74) is -0.00849. The molecule has 4 heteroatoms. The van der Waals surface area contributed by atoms with Crippen LogP contribution >= 0.6 is 0 Å². The van der Waals surface area contributed by atoms with E-state index in [9.17, 15) is 9.90 Å². The number of likely N-dealkylation sites (tertiary alicyclic amines) is 1. The van der Waals surface area contributed by atoms with Gasteiger partial charge in [0.1, 0.15) is 0 Å². The van der Waals surface area contributed by atoms with Gasteiger partial charge in [-0.15, -0.1) is 0 Å². The van der Waals surface area contributed by atoms with Gasteiger partial charge in [-0.3, -0.25) is 4.79 Å². The van der Waals surface area contributed by atoms with Crippen LogP contribution in [0.4, 0.5) is 0 Å².